The second kappa shape index (κ2) is 6.33. The summed E-state index contributed by atoms with van der Waals surface area (Å²) in [4.78, 5) is 1.28. The number of rotatable bonds is 5. The van der Waals surface area contributed by atoms with Gasteiger partial charge in [0.05, 0.1) is 0 Å². The quantitative estimate of drug-likeness (QED) is 0.800. The Labute approximate surface area is 133 Å². The molecule has 0 heterocycles. The van der Waals surface area contributed by atoms with Crippen molar-refractivity contribution in [2.45, 2.75) is 29.7 Å². The summed E-state index contributed by atoms with van der Waals surface area (Å²) in [5.41, 5.74) is 9.31. The standard InChI is InChI=1S/C17H18BrNS/c18-14-5-3-6-16(10-14)20-11-15(19)9-13-8-12-4-1-2-7-17(12)13/h1-7,10,13,15H,8-9,11,19H2. The first-order valence-electron chi connectivity index (χ1n) is 6.94. The van der Waals surface area contributed by atoms with Crippen LogP contribution >= 0.6 is 27.7 Å². The van der Waals surface area contributed by atoms with Crippen molar-refractivity contribution in [3.63, 3.8) is 0 Å². The molecule has 0 saturated carbocycles. The molecule has 2 unspecified atom stereocenters. The Morgan fingerprint density at radius 3 is 2.85 bits per heavy atom. The molecule has 0 aliphatic heterocycles. The maximum absolute atomic E-state index is 6.29. The van der Waals surface area contributed by atoms with E-state index in [0.29, 0.717) is 5.92 Å². The molecule has 0 bridgehead atoms. The summed E-state index contributed by atoms with van der Waals surface area (Å²) in [7, 11) is 0. The average Bonchev–Trinajstić information content (AvgIpc) is 2.43. The van der Waals surface area contributed by atoms with Gasteiger partial charge in [0, 0.05) is 21.2 Å². The minimum absolute atomic E-state index is 0.261. The van der Waals surface area contributed by atoms with Crippen molar-refractivity contribution in [2.75, 3.05) is 5.75 Å². The molecule has 3 heteroatoms. The van der Waals surface area contributed by atoms with Crippen LogP contribution < -0.4 is 5.73 Å². The summed E-state index contributed by atoms with van der Waals surface area (Å²) < 4.78 is 1.13. The minimum Gasteiger partial charge on any atom is -0.327 e. The number of hydrogen-bond acceptors (Lipinski definition) is 2. The van der Waals surface area contributed by atoms with Crippen LogP contribution in [-0.4, -0.2) is 11.8 Å². The van der Waals surface area contributed by atoms with Crippen molar-refractivity contribution in [2.24, 2.45) is 5.73 Å². The zero-order chi connectivity index (χ0) is 13.9. The fourth-order valence-corrected chi connectivity index (χ4v) is 4.24. The largest absolute Gasteiger partial charge is 0.327 e. The summed E-state index contributed by atoms with van der Waals surface area (Å²) in [6.45, 7) is 0. The summed E-state index contributed by atoms with van der Waals surface area (Å²) in [5.74, 6) is 1.65. The minimum atomic E-state index is 0.261. The van der Waals surface area contributed by atoms with Crippen LogP contribution in [0.3, 0.4) is 0 Å². The predicted octanol–water partition coefficient (Wildman–Crippen LogP) is 4.60. The molecule has 20 heavy (non-hydrogen) atoms. The van der Waals surface area contributed by atoms with Crippen LogP contribution in [0.1, 0.15) is 23.5 Å². The van der Waals surface area contributed by atoms with Gasteiger partial charge in [0.2, 0.25) is 0 Å². The van der Waals surface area contributed by atoms with E-state index in [1.165, 1.54) is 22.4 Å². The SMILES string of the molecule is NC(CSc1cccc(Br)c1)CC1Cc2ccccc21. The predicted molar refractivity (Wildman–Crippen MR) is 90.3 cm³/mol. The summed E-state index contributed by atoms with van der Waals surface area (Å²) >= 11 is 5.35. The molecule has 0 saturated heterocycles. The zero-order valence-corrected chi connectivity index (χ0v) is 13.7. The van der Waals surface area contributed by atoms with Crippen molar-refractivity contribution in [1.82, 2.24) is 0 Å². The van der Waals surface area contributed by atoms with E-state index < -0.39 is 0 Å². The Kier molecular flexibility index (Phi) is 4.49. The van der Waals surface area contributed by atoms with E-state index in [1.54, 1.807) is 0 Å². The fourth-order valence-electron chi connectivity index (χ4n) is 2.77. The monoisotopic (exact) mass is 347 g/mol. The van der Waals surface area contributed by atoms with Crippen LogP contribution in [0.2, 0.25) is 0 Å². The maximum Gasteiger partial charge on any atom is 0.0186 e. The third-order valence-electron chi connectivity index (χ3n) is 3.81. The number of hydrogen-bond donors (Lipinski definition) is 1. The molecule has 0 radical (unpaired) electrons. The molecule has 0 amide bonds. The maximum atomic E-state index is 6.29. The van der Waals surface area contributed by atoms with Gasteiger partial charge in [-0.2, -0.15) is 0 Å². The van der Waals surface area contributed by atoms with Crippen molar-refractivity contribution in [3.8, 4) is 0 Å². The van der Waals surface area contributed by atoms with Gasteiger partial charge < -0.3 is 5.73 Å². The third-order valence-corrected chi connectivity index (χ3v) is 5.48. The molecule has 2 aromatic carbocycles. The zero-order valence-electron chi connectivity index (χ0n) is 11.3. The molecule has 0 spiro atoms. The lowest BCUT2D eigenvalue weighted by Gasteiger charge is -2.32. The number of thioether (sulfide) groups is 1. The van der Waals surface area contributed by atoms with E-state index in [2.05, 4.69) is 64.5 Å². The van der Waals surface area contributed by atoms with Gasteiger partial charge in [0.1, 0.15) is 0 Å². The van der Waals surface area contributed by atoms with Crippen molar-refractivity contribution >= 4 is 27.7 Å². The number of fused-ring (bicyclic) bond motifs is 1. The number of benzene rings is 2. The van der Waals surface area contributed by atoms with Crippen molar-refractivity contribution in [3.05, 3.63) is 64.1 Å². The first-order chi connectivity index (χ1) is 9.72. The molecule has 0 fully saturated rings. The lowest BCUT2D eigenvalue weighted by Crippen LogP contribution is -2.29. The number of halogens is 1. The van der Waals surface area contributed by atoms with Crippen LogP contribution in [0.25, 0.3) is 0 Å². The normalized spacial score (nSPS) is 18.2. The van der Waals surface area contributed by atoms with Crippen LogP contribution in [-0.2, 0) is 6.42 Å². The molecular weight excluding hydrogens is 330 g/mol. The highest BCUT2D eigenvalue weighted by atomic mass is 79.9. The third kappa shape index (κ3) is 3.27. The van der Waals surface area contributed by atoms with Crippen LogP contribution in [0, 0.1) is 0 Å². The molecule has 2 N–H and O–H groups in total. The van der Waals surface area contributed by atoms with Crippen molar-refractivity contribution in [1.29, 1.82) is 0 Å². The molecule has 104 valence electrons. The van der Waals surface area contributed by atoms with E-state index in [0.717, 1.165) is 16.6 Å². The molecule has 3 rings (SSSR count). The fraction of sp³-hybridized carbons (Fsp3) is 0.294. The van der Waals surface area contributed by atoms with E-state index in [9.17, 15) is 0 Å². The van der Waals surface area contributed by atoms with Crippen LogP contribution in [0.4, 0.5) is 0 Å². The lowest BCUT2D eigenvalue weighted by molar-refractivity contribution is 0.510. The Bertz CT molecular complexity index is 599. The van der Waals surface area contributed by atoms with Gasteiger partial charge in [-0.05, 0) is 48.1 Å². The van der Waals surface area contributed by atoms with Gasteiger partial charge in [-0.3, -0.25) is 0 Å². The van der Waals surface area contributed by atoms with Gasteiger partial charge in [0.25, 0.3) is 0 Å². The van der Waals surface area contributed by atoms with Gasteiger partial charge >= 0.3 is 0 Å². The Hall–Kier alpha value is -0.770. The molecule has 1 nitrogen and oxygen atoms in total. The number of nitrogens with two attached hydrogens (primary N) is 1. The Balaban J connectivity index is 1.50. The van der Waals surface area contributed by atoms with Gasteiger partial charge in [-0.25, -0.2) is 0 Å². The molecule has 1 aliphatic rings. The van der Waals surface area contributed by atoms with Gasteiger partial charge in [-0.1, -0.05) is 46.3 Å². The Morgan fingerprint density at radius 1 is 1.20 bits per heavy atom. The summed E-state index contributed by atoms with van der Waals surface area (Å²) in [6.07, 6.45) is 2.30. The van der Waals surface area contributed by atoms with Crippen LogP contribution in [0.5, 0.6) is 0 Å². The van der Waals surface area contributed by atoms with Gasteiger partial charge in [-0.15, -0.1) is 11.8 Å². The Morgan fingerprint density at radius 2 is 2.05 bits per heavy atom. The lowest BCUT2D eigenvalue weighted by atomic mass is 9.75. The van der Waals surface area contributed by atoms with Gasteiger partial charge in [0.15, 0.2) is 0 Å². The first-order valence-corrected chi connectivity index (χ1v) is 8.72. The summed E-state index contributed by atoms with van der Waals surface area (Å²) in [5, 5.41) is 0. The van der Waals surface area contributed by atoms with E-state index in [1.807, 2.05) is 11.8 Å². The second-order valence-electron chi connectivity index (χ2n) is 5.36. The highest BCUT2D eigenvalue weighted by Gasteiger charge is 2.26. The van der Waals surface area contributed by atoms with E-state index in [-0.39, 0.29) is 6.04 Å². The first kappa shape index (κ1) is 14.2. The topological polar surface area (TPSA) is 26.0 Å². The molecule has 1 aliphatic carbocycles. The molecular formula is C17H18BrNS. The second-order valence-corrected chi connectivity index (χ2v) is 7.37. The van der Waals surface area contributed by atoms with E-state index >= 15 is 0 Å². The smallest absolute Gasteiger partial charge is 0.0186 e. The highest BCUT2D eigenvalue weighted by Crippen LogP contribution is 2.38. The molecule has 2 atom stereocenters. The van der Waals surface area contributed by atoms with E-state index in [4.69, 9.17) is 5.73 Å². The van der Waals surface area contributed by atoms with Crippen molar-refractivity contribution < 1.29 is 0 Å². The summed E-state index contributed by atoms with van der Waals surface area (Å²) in [6, 6.07) is 17.4. The average molecular weight is 348 g/mol. The highest BCUT2D eigenvalue weighted by molar-refractivity contribution is 9.10. The molecule has 2 aromatic rings. The van der Waals surface area contributed by atoms with Crippen LogP contribution in [0.15, 0.2) is 57.9 Å². The molecule has 0 aromatic heterocycles.